The van der Waals surface area contributed by atoms with Crippen molar-refractivity contribution in [2.75, 3.05) is 52.4 Å². The zero-order valence-corrected chi connectivity index (χ0v) is 18.6. The fourth-order valence-electron chi connectivity index (χ4n) is 4.09. The minimum absolute atomic E-state index is 0.0473. The third-order valence-electron chi connectivity index (χ3n) is 5.64. The highest BCUT2D eigenvalue weighted by Gasteiger charge is 2.35. The lowest BCUT2D eigenvalue weighted by atomic mass is 9.98. The molecular weight excluding hydrogens is 412 g/mol. The zero-order chi connectivity index (χ0) is 21.9. The van der Waals surface area contributed by atoms with Crippen molar-refractivity contribution in [2.24, 2.45) is 5.92 Å². The number of ether oxygens (including phenoxy) is 1. The van der Waals surface area contributed by atoms with Crippen molar-refractivity contribution in [1.29, 1.82) is 0 Å². The van der Waals surface area contributed by atoms with Gasteiger partial charge in [0.25, 0.3) is 0 Å². The standard InChI is InChI=1S/C19H30N4O6S/c1-4-28-19(25)16-6-5-7-21(12-16)13-17(24)22-8-10-23(11-9-22)30(26,27)18-14(2)20-29-15(18)3/h16H,4-13H2,1-3H3. The number of carbonyl (C=O) groups is 2. The Hall–Kier alpha value is -1.98. The van der Waals surface area contributed by atoms with E-state index in [9.17, 15) is 18.0 Å². The van der Waals surface area contributed by atoms with Crippen molar-refractivity contribution in [3.05, 3.63) is 11.5 Å². The molecule has 0 spiro atoms. The molecule has 2 saturated heterocycles. The number of amides is 1. The van der Waals surface area contributed by atoms with Gasteiger partial charge in [-0.1, -0.05) is 5.16 Å². The molecule has 0 bridgehead atoms. The Morgan fingerprint density at radius 2 is 1.87 bits per heavy atom. The maximum atomic E-state index is 12.9. The van der Waals surface area contributed by atoms with Gasteiger partial charge in [-0.15, -0.1) is 0 Å². The van der Waals surface area contributed by atoms with E-state index in [0.717, 1.165) is 19.4 Å². The average Bonchev–Trinajstić information content (AvgIpc) is 3.07. The van der Waals surface area contributed by atoms with Crippen LogP contribution in [0.25, 0.3) is 0 Å². The molecule has 30 heavy (non-hydrogen) atoms. The second kappa shape index (κ2) is 9.44. The number of hydrogen-bond acceptors (Lipinski definition) is 8. The van der Waals surface area contributed by atoms with Gasteiger partial charge in [0.1, 0.15) is 10.6 Å². The van der Waals surface area contributed by atoms with Gasteiger partial charge in [-0.3, -0.25) is 14.5 Å². The van der Waals surface area contributed by atoms with Gasteiger partial charge in [-0.2, -0.15) is 4.31 Å². The lowest BCUT2D eigenvalue weighted by molar-refractivity contribution is -0.150. The Bertz CT molecular complexity index is 856. The topological polar surface area (TPSA) is 113 Å². The minimum atomic E-state index is -3.70. The van der Waals surface area contributed by atoms with Gasteiger partial charge in [0.05, 0.1) is 19.1 Å². The van der Waals surface area contributed by atoms with Gasteiger partial charge >= 0.3 is 5.97 Å². The average molecular weight is 443 g/mol. The van der Waals surface area contributed by atoms with Crippen molar-refractivity contribution >= 4 is 21.9 Å². The summed E-state index contributed by atoms with van der Waals surface area (Å²) in [5.41, 5.74) is 0.340. The summed E-state index contributed by atoms with van der Waals surface area (Å²) >= 11 is 0. The number of aryl methyl sites for hydroxylation is 2. The van der Waals surface area contributed by atoms with Gasteiger partial charge in [0, 0.05) is 32.7 Å². The van der Waals surface area contributed by atoms with Crippen LogP contribution in [0.1, 0.15) is 31.2 Å². The van der Waals surface area contributed by atoms with Crippen molar-refractivity contribution < 1.29 is 27.3 Å². The smallest absolute Gasteiger partial charge is 0.310 e. The fraction of sp³-hybridized carbons (Fsp3) is 0.737. The van der Waals surface area contributed by atoms with Crippen LogP contribution < -0.4 is 0 Å². The first-order chi connectivity index (χ1) is 14.2. The minimum Gasteiger partial charge on any atom is -0.466 e. The van der Waals surface area contributed by atoms with Crippen molar-refractivity contribution in [2.45, 2.75) is 38.5 Å². The fourth-order valence-corrected chi connectivity index (χ4v) is 5.81. The van der Waals surface area contributed by atoms with E-state index in [2.05, 4.69) is 5.16 Å². The van der Waals surface area contributed by atoms with E-state index in [1.807, 2.05) is 4.90 Å². The second-order valence-electron chi connectivity index (χ2n) is 7.76. The van der Waals surface area contributed by atoms with Gasteiger partial charge in [0.2, 0.25) is 15.9 Å². The summed E-state index contributed by atoms with van der Waals surface area (Å²) in [4.78, 5) is 28.5. The molecule has 1 aromatic rings. The van der Waals surface area contributed by atoms with Crippen LogP contribution in [0.3, 0.4) is 0 Å². The van der Waals surface area contributed by atoms with Crippen LogP contribution in [-0.4, -0.2) is 92.0 Å². The molecule has 0 aromatic carbocycles. The molecule has 10 nitrogen and oxygen atoms in total. The van der Waals surface area contributed by atoms with E-state index in [1.54, 1.807) is 25.7 Å². The molecule has 2 fully saturated rings. The number of sulfonamides is 1. The van der Waals surface area contributed by atoms with E-state index < -0.39 is 10.0 Å². The summed E-state index contributed by atoms with van der Waals surface area (Å²) in [6.45, 7) is 7.95. The number of likely N-dealkylation sites (tertiary alicyclic amines) is 1. The summed E-state index contributed by atoms with van der Waals surface area (Å²) < 4.78 is 37.3. The van der Waals surface area contributed by atoms with Crippen LogP contribution in [0.4, 0.5) is 0 Å². The molecule has 3 rings (SSSR count). The summed E-state index contributed by atoms with van der Waals surface area (Å²) in [6.07, 6.45) is 1.63. The van der Waals surface area contributed by atoms with Crippen LogP contribution in [0.5, 0.6) is 0 Å². The highest BCUT2D eigenvalue weighted by molar-refractivity contribution is 7.89. The molecule has 0 radical (unpaired) electrons. The number of piperidine rings is 1. The normalized spacial score (nSPS) is 21.6. The summed E-state index contributed by atoms with van der Waals surface area (Å²) in [5, 5.41) is 3.73. The van der Waals surface area contributed by atoms with Crippen LogP contribution in [0.15, 0.2) is 9.42 Å². The number of piperazine rings is 1. The van der Waals surface area contributed by atoms with E-state index >= 15 is 0 Å². The number of hydrogen-bond donors (Lipinski definition) is 0. The quantitative estimate of drug-likeness (QED) is 0.582. The number of aromatic nitrogens is 1. The third kappa shape index (κ3) is 4.84. The number of carbonyl (C=O) groups excluding carboxylic acids is 2. The first-order valence-corrected chi connectivity index (χ1v) is 11.8. The molecule has 0 N–H and O–H groups in total. The highest BCUT2D eigenvalue weighted by atomic mass is 32.2. The predicted molar refractivity (Wildman–Crippen MR) is 107 cm³/mol. The molecule has 3 heterocycles. The molecule has 2 aliphatic rings. The number of nitrogens with zero attached hydrogens (tertiary/aromatic N) is 4. The number of esters is 1. The van der Waals surface area contributed by atoms with Crippen LogP contribution >= 0.6 is 0 Å². The van der Waals surface area contributed by atoms with E-state index in [1.165, 1.54) is 4.31 Å². The Labute approximate surface area is 177 Å². The van der Waals surface area contributed by atoms with Crippen molar-refractivity contribution in [1.82, 2.24) is 19.3 Å². The monoisotopic (exact) mass is 442 g/mol. The van der Waals surface area contributed by atoms with Crippen LogP contribution in [-0.2, 0) is 24.3 Å². The zero-order valence-electron chi connectivity index (χ0n) is 17.8. The second-order valence-corrected chi connectivity index (χ2v) is 9.64. The summed E-state index contributed by atoms with van der Waals surface area (Å²) in [7, 11) is -3.70. The number of rotatable bonds is 6. The molecule has 0 aliphatic carbocycles. The first kappa shape index (κ1) is 22.7. The summed E-state index contributed by atoms with van der Waals surface area (Å²) in [5.74, 6) is -0.169. The Morgan fingerprint density at radius 1 is 1.17 bits per heavy atom. The maximum absolute atomic E-state index is 12.9. The predicted octanol–water partition coefficient (Wildman–Crippen LogP) is 0.399. The summed E-state index contributed by atoms with van der Waals surface area (Å²) in [6, 6.07) is 0. The molecule has 1 aromatic heterocycles. The van der Waals surface area contributed by atoms with Crippen molar-refractivity contribution in [3.63, 3.8) is 0 Å². The third-order valence-corrected chi connectivity index (χ3v) is 7.79. The van der Waals surface area contributed by atoms with Gasteiger partial charge in [-0.05, 0) is 40.2 Å². The van der Waals surface area contributed by atoms with Crippen molar-refractivity contribution in [3.8, 4) is 0 Å². The Kier molecular flexibility index (Phi) is 7.14. The molecule has 1 amide bonds. The lowest BCUT2D eigenvalue weighted by Gasteiger charge is -2.36. The molecule has 2 aliphatic heterocycles. The SMILES string of the molecule is CCOC(=O)C1CCCN(CC(=O)N2CCN(S(=O)(=O)c3c(C)noc3C)CC2)C1. The lowest BCUT2D eigenvalue weighted by Crippen LogP contribution is -2.53. The maximum Gasteiger partial charge on any atom is 0.310 e. The van der Waals surface area contributed by atoms with Crippen LogP contribution in [0, 0.1) is 19.8 Å². The molecule has 0 saturated carbocycles. The Balaban J connectivity index is 1.54. The van der Waals surface area contributed by atoms with E-state index in [4.69, 9.17) is 9.26 Å². The van der Waals surface area contributed by atoms with Gasteiger partial charge < -0.3 is 14.2 Å². The molecule has 1 unspecified atom stereocenters. The molecule has 1 atom stereocenters. The Morgan fingerprint density at radius 3 is 2.47 bits per heavy atom. The van der Waals surface area contributed by atoms with E-state index in [0.29, 0.717) is 31.9 Å². The first-order valence-electron chi connectivity index (χ1n) is 10.3. The van der Waals surface area contributed by atoms with Crippen LogP contribution in [0.2, 0.25) is 0 Å². The van der Waals surface area contributed by atoms with E-state index in [-0.39, 0.29) is 48.1 Å². The largest absolute Gasteiger partial charge is 0.466 e. The molecule has 168 valence electrons. The highest BCUT2D eigenvalue weighted by Crippen LogP contribution is 2.24. The molecule has 11 heteroatoms. The van der Waals surface area contributed by atoms with Gasteiger partial charge in [-0.25, -0.2) is 8.42 Å². The van der Waals surface area contributed by atoms with Gasteiger partial charge in [0.15, 0.2) is 5.76 Å². The molecular formula is C19H30N4O6S.